The SMILES string of the molecule is Clc1cccc(Cl)c1C[NH2+][C@H]1C[NH+]2CCC1CC2. The quantitative estimate of drug-likeness (QED) is 0.818. The molecule has 0 unspecified atom stereocenters. The van der Waals surface area contributed by atoms with Gasteiger partial charge in [0, 0.05) is 24.3 Å². The summed E-state index contributed by atoms with van der Waals surface area (Å²) < 4.78 is 0. The van der Waals surface area contributed by atoms with Gasteiger partial charge in [-0.3, -0.25) is 0 Å². The van der Waals surface area contributed by atoms with Gasteiger partial charge in [0.25, 0.3) is 0 Å². The second kappa shape index (κ2) is 5.38. The number of quaternary nitrogens is 2. The summed E-state index contributed by atoms with van der Waals surface area (Å²) in [5.74, 6) is 0.906. The molecule has 1 atom stereocenters. The van der Waals surface area contributed by atoms with Gasteiger partial charge in [-0.15, -0.1) is 0 Å². The fraction of sp³-hybridized carbons (Fsp3) is 0.571. The van der Waals surface area contributed by atoms with Crippen LogP contribution in [0.4, 0.5) is 0 Å². The summed E-state index contributed by atoms with van der Waals surface area (Å²) in [4.78, 5) is 1.78. The molecule has 3 aliphatic rings. The van der Waals surface area contributed by atoms with Gasteiger partial charge in [-0.2, -0.15) is 0 Å². The van der Waals surface area contributed by atoms with Crippen molar-refractivity contribution in [1.82, 2.24) is 0 Å². The number of halogens is 2. The lowest BCUT2D eigenvalue weighted by atomic mass is 9.84. The zero-order valence-corrected chi connectivity index (χ0v) is 12.0. The molecule has 3 aliphatic heterocycles. The van der Waals surface area contributed by atoms with E-state index < -0.39 is 0 Å². The first kappa shape index (κ1) is 12.7. The van der Waals surface area contributed by atoms with Crippen LogP contribution >= 0.6 is 23.2 Å². The third kappa shape index (κ3) is 2.53. The van der Waals surface area contributed by atoms with Crippen molar-refractivity contribution in [2.75, 3.05) is 19.6 Å². The maximum Gasteiger partial charge on any atom is 0.139 e. The Kier molecular flexibility index (Phi) is 3.81. The van der Waals surface area contributed by atoms with Crippen LogP contribution < -0.4 is 10.2 Å². The third-order valence-electron chi connectivity index (χ3n) is 4.55. The van der Waals surface area contributed by atoms with Gasteiger partial charge in [-0.05, 0) is 12.1 Å². The van der Waals surface area contributed by atoms with E-state index in [9.17, 15) is 0 Å². The van der Waals surface area contributed by atoms with Crippen molar-refractivity contribution in [2.24, 2.45) is 5.92 Å². The second-order valence-electron chi connectivity index (χ2n) is 5.60. The molecule has 3 N–H and O–H groups in total. The first-order valence-corrected chi connectivity index (χ1v) is 7.59. The largest absolute Gasteiger partial charge is 0.335 e. The molecule has 18 heavy (non-hydrogen) atoms. The highest BCUT2D eigenvalue weighted by molar-refractivity contribution is 6.35. The lowest BCUT2D eigenvalue weighted by molar-refractivity contribution is -0.943. The molecule has 2 bridgehead atoms. The fourth-order valence-corrected chi connectivity index (χ4v) is 4.00. The summed E-state index contributed by atoms with van der Waals surface area (Å²) in [7, 11) is 0. The summed E-state index contributed by atoms with van der Waals surface area (Å²) >= 11 is 12.4. The van der Waals surface area contributed by atoms with Crippen molar-refractivity contribution >= 4 is 23.2 Å². The van der Waals surface area contributed by atoms with Crippen LogP contribution in [0.5, 0.6) is 0 Å². The lowest BCUT2D eigenvalue weighted by Gasteiger charge is -2.40. The monoisotopic (exact) mass is 286 g/mol. The minimum atomic E-state index is 0.759. The van der Waals surface area contributed by atoms with Crippen LogP contribution in [0, 0.1) is 5.92 Å². The molecule has 0 saturated carbocycles. The van der Waals surface area contributed by atoms with E-state index in [1.54, 1.807) is 4.90 Å². The number of hydrogen-bond acceptors (Lipinski definition) is 0. The van der Waals surface area contributed by atoms with Crippen LogP contribution in [-0.4, -0.2) is 25.7 Å². The van der Waals surface area contributed by atoms with Crippen LogP contribution in [-0.2, 0) is 6.54 Å². The zero-order chi connectivity index (χ0) is 12.5. The predicted molar refractivity (Wildman–Crippen MR) is 74.2 cm³/mol. The Balaban J connectivity index is 1.64. The highest BCUT2D eigenvalue weighted by Crippen LogP contribution is 2.23. The summed E-state index contributed by atoms with van der Waals surface area (Å²) in [6, 6.07) is 6.53. The smallest absolute Gasteiger partial charge is 0.139 e. The molecule has 2 nitrogen and oxygen atoms in total. The van der Waals surface area contributed by atoms with Gasteiger partial charge in [0.2, 0.25) is 0 Å². The Labute approximate surface area is 118 Å². The van der Waals surface area contributed by atoms with Gasteiger partial charge < -0.3 is 10.2 Å². The van der Waals surface area contributed by atoms with E-state index in [0.717, 1.165) is 34.1 Å². The van der Waals surface area contributed by atoms with Crippen molar-refractivity contribution in [2.45, 2.75) is 25.4 Å². The Morgan fingerprint density at radius 1 is 1.17 bits per heavy atom. The second-order valence-corrected chi connectivity index (χ2v) is 6.41. The first-order chi connectivity index (χ1) is 8.74. The van der Waals surface area contributed by atoms with E-state index in [2.05, 4.69) is 5.32 Å². The van der Waals surface area contributed by atoms with Gasteiger partial charge in [0.1, 0.15) is 19.1 Å². The van der Waals surface area contributed by atoms with Gasteiger partial charge in [0.15, 0.2) is 0 Å². The average molecular weight is 287 g/mol. The molecule has 0 amide bonds. The van der Waals surface area contributed by atoms with Gasteiger partial charge in [0.05, 0.1) is 23.1 Å². The Bertz CT molecular complexity index is 408. The van der Waals surface area contributed by atoms with Gasteiger partial charge in [-0.1, -0.05) is 29.3 Å². The molecule has 0 radical (unpaired) electrons. The zero-order valence-electron chi connectivity index (χ0n) is 10.5. The molecule has 4 rings (SSSR count). The summed E-state index contributed by atoms with van der Waals surface area (Å²) in [6.45, 7) is 4.98. The molecule has 0 aliphatic carbocycles. The number of fused-ring (bicyclic) bond motifs is 3. The maximum absolute atomic E-state index is 6.22. The predicted octanol–water partition coefficient (Wildman–Crippen LogP) is 0.734. The molecule has 3 fully saturated rings. The molecule has 0 spiro atoms. The Morgan fingerprint density at radius 2 is 1.83 bits per heavy atom. The lowest BCUT2D eigenvalue weighted by Crippen LogP contribution is -3.20. The van der Waals surface area contributed by atoms with E-state index in [1.807, 2.05) is 18.2 Å². The average Bonchev–Trinajstić information content (AvgIpc) is 2.39. The number of piperidine rings is 3. The minimum absolute atomic E-state index is 0.759. The van der Waals surface area contributed by atoms with Crippen LogP contribution in [0.1, 0.15) is 18.4 Å². The normalized spacial score (nSPS) is 30.7. The highest BCUT2D eigenvalue weighted by Gasteiger charge is 2.39. The molecule has 1 aromatic rings. The summed E-state index contributed by atoms with van der Waals surface area (Å²) in [6.07, 6.45) is 2.79. The minimum Gasteiger partial charge on any atom is -0.335 e. The number of nitrogens with two attached hydrogens (primary N) is 1. The molecule has 3 saturated heterocycles. The van der Waals surface area contributed by atoms with Gasteiger partial charge >= 0.3 is 0 Å². The van der Waals surface area contributed by atoms with E-state index in [4.69, 9.17) is 23.2 Å². The summed E-state index contributed by atoms with van der Waals surface area (Å²) in [5, 5.41) is 4.05. The van der Waals surface area contributed by atoms with Crippen LogP contribution in [0.25, 0.3) is 0 Å². The topological polar surface area (TPSA) is 21.1 Å². The number of hydrogen-bond donors (Lipinski definition) is 2. The van der Waals surface area contributed by atoms with Crippen molar-refractivity contribution in [3.8, 4) is 0 Å². The van der Waals surface area contributed by atoms with E-state index >= 15 is 0 Å². The van der Waals surface area contributed by atoms with Crippen LogP contribution in [0.3, 0.4) is 0 Å². The first-order valence-electron chi connectivity index (χ1n) is 6.84. The molecule has 4 heteroatoms. The van der Waals surface area contributed by atoms with Crippen LogP contribution in [0.15, 0.2) is 18.2 Å². The van der Waals surface area contributed by atoms with E-state index in [1.165, 1.54) is 32.5 Å². The number of benzene rings is 1. The molecule has 3 heterocycles. The number of nitrogens with one attached hydrogen (secondary N) is 1. The highest BCUT2D eigenvalue weighted by atomic mass is 35.5. The van der Waals surface area contributed by atoms with Crippen molar-refractivity contribution in [3.05, 3.63) is 33.8 Å². The van der Waals surface area contributed by atoms with E-state index in [-0.39, 0.29) is 0 Å². The Hall–Kier alpha value is -0.280. The summed E-state index contributed by atoms with van der Waals surface area (Å²) in [5.41, 5.74) is 1.09. The number of rotatable bonds is 3. The third-order valence-corrected chi connectivity index (χ3v) is 5.26. The molecule has 98 valence electrons. The molecular formula is C14H20Cl2N2+2. The molecule has 1 aromatic carbocycles. The maximum atomic E-state index is 6.22. The molecule has 0 aromatic heterocycles. The van der Waals surface area contributed by atoms with Crippen LogP contribution in [0.2, 0.25) is 10.0 Å². The fourth-order valence-electron chi connectivity index (χ4n) is 3.45. The standard InChI is InChI=1S/C14H18Cl2N2/c15-12-2-1-3-13(16)11(12)8-17-14-9-18-6-4-10(14)5-7-18/h1-3,10,14,17H,4-9H2/p+2/t14-/m0/s1. The Morgan fingerprint density at radius 3 is 2.39 bits per heavy atom. The van der Waals surface area contributed by atoms with E-state index in [0.29, 0.717) is 0 Å². The molecular weight excluding hydrogens is 267 g/mol. The van der Waals surface area contributed by atoms with Crippen molar-refractivity contribution in [1.29, 1.82) is 0 Å². The van der Waals surface area contributed by atoms with Gasteiger partial charge in [-0.25, -0.2) is 0 Å². The van der Waals surface area contributed by atoms with Crippen molar-refractivity contribution in [3.63, 3.8) is 0 Å². The van der Waals surface area contributed by atoms with Crippen molar-refractivity contribution < 1.29 is 10.2 Å².